The van der Waals surface area contributed by atoms with Gasteiger partial charge in [-0.2, -0.15) is 0 Å². The van der Waals surface area contributed by atoms with Crippen LogP contribution in [0.2, 0.25) is 0 Å². The van der Waals surface area contributed by atoms with Crippen LogP contribution in [0.15, 0.2) is 15.6 Å². The zero-order valence-corrected chi connectivity index (χ0v) is 18.2. The zero-order chi connectivity index (χ0) is 20.0. The van der Waals surface area contributed by atoms with Crippen molar-refractivity contribution in [2.75, 3.05) is 18.6 Å². The number of hydrogen-bond acceptors (Lipinski definition) is 10. The van der Waals surface area contributed by atoms with E-state index in [4.69, 9.17) is 15.2 Å². The van der Waals surface area contributed by atoms with E-state index in [1.54, 1.807) is 20.8 Å². The first-order valence-corrected chi connectivity index (χ1v) is 11.1. The van der Waals surface area contributed by atoms with E-state index in [9.17, 15) is 9.59 Å². The smallest absolute Gasteiger partial charge is 0.355 e. The number of methoxy groups -OCH3 is 1. The van der Waals surface area contributed by atoms with E-state index in [0.29, 0.717) is 11.5 Å². The van der Waals surface area contributed by atoms with Gasteiger partial charge in [0, 0.05) is 18.6 Å². The van der Waals surface area contributed by atoms with Gasteiger partial charge in [-0.15, -0.1) is 22.0 Å². The predicted octanol–water partition coefficient (Wildman–Crippen LogP) is 1.75. The number of hydrogen-bond donors (Lipinski definition) is 1. The van der Waals surface area contributed by atoms with E-state index in [0.717, 1.165) is 14.9 Å². The van der Waals surface area contributed by atoms with Crippen molar-refractivity contribution in [3.05, 3.63) is 16.3 Å². The van der Waals surface area contributed by atoms with Crippen LogP contribution in [0.4, 0.5) is 0 Å². The molecule has 2 atom stereocenters. The highest BCUT2D eigenvalue weighted by Gasteiger charge is 2.63. The van der Waals surface area contributed by atoms with E-state index in [1.807, 2.05) is 6.92 Å². The number of carbonyl (C=O) groups is 2. The molecule has 8 nitrogen and oxygen atoms in total. The Labute approximate surface area is 170 Å². The summed E-state index contributed by atoms with van der Waals surface area (Å²) in [5, 5.41) is 8.52. The molecule has 0 saturated carbocycles. The summed E-state index contributed by atoms with van der Waals surface area (Å²) >= 11 is 4.46. The molecule has 1 aromatic rings. The second kappa shape index (κ2) is 7.36. The highest BCUT2D eigenvalue weighted by molar-refractivity contribution is 8.01. The molecule has 0 bridgehead atoms. The van der Waals surface area contributed by atoms with E-state index in [1.165, 1.54) is 46.9 Å². The number of β-lactam (4-membered cyclic amide) rings is 1. The molecule has 2 N–H and O–H groups in total. The number of rotatable bonds is 5. The van der Waals surface area contributed by atoms with Gasteiger partial charge < -0.3 is 9.47 Å². The topological polar surface area (TPSA) is 108 Å². The number of aryl methyl sites for hydroxylation is 1. The molecule has 3 rings (SSSR count). The third-order valence-electron chi connectivity index (χ3n) is 3.95. The first kappa shape index (κ1) is 20.6. The highest BCUT2D eigenvalue weighted by Crippen LogP contribution is 2.46. The molecular formula is C16H22N4O4S3. The van der Waals surface area contributed by atoms with Crippen molar-refractivity contribution in [1.29, 1.82) is 0 Å². The zero-order valence-electron chi connectivity index (χ0n) is 15.8. The van der Waals surface area contributed by atoms with Gasteiger partial charge in [-0.1, -0.05) is 23.1 Å². The van der Waals surface area contributed by atoms with Gasteiger partial charge in [0.25, 0.3) is 5.91 Å². The number of ether oxygens (including phenoxy) is 2. The Bertz CT molecular complexity index is 804. The molecule has 27 heavy (non-hydrogen) atoms. The van der Waals surface area contributed by atoms with Gasteiger partial charge in [-0.3, -0.25) is 15.4 Å². The lowest BCUT2D eigenvalue weighted by Crippen LogP contribution is -2.78. The predicted molar refractivity (Wildman–Crippen MR) is 105 cm³/mol. The molecule has 1 amide bonds. The van der Waals surface area contributed by atoms with Gasteiger partial charge in [0.15, 0.2) is 4.34 Å². The van der Waals surface area contributed by atoms with Crippen molar-refractivity contribution < 1.29 is 19.1 Å². The van der Waals surface area contributed by atoms with Crippen molar-refractivity contribution in [3.8, 4) is 0 Å². The normalized spacial score (nSPS) is 25.3. The summed E-state index contributed by atoms with van der Waals surface area (Å²) in [6, 6.07) is 0. The molecule has 1 aromatic heterocycles. The third-order valence-corrected chi connectivity index (χ3v) is 7.40. The van der Waals surface area contributed by atoms with Crippen molar-refractivity contribution in [2.45, 2.75) is 48.7 Å². The number of amides is 1. The fourth-order valence-electron chi connectivity index (χ4n) is 2.71. The summed E-state index contributed by atoms with van der Waals surface area (Å²) < 4.78 is 11.6. The summed E-state index contributed by atoms with van der Waals surface area (Å²) in [6.45, 7) is 7.26. The second-order valence-corrected chi connectivity index (χ2v) is 10.6. The Morgan fingerprint density at radius 3 is 2.70 bits per heavy atom. The van der Waals surface area contributed by atoms with Crippen molar-refractivity contribution in [2.24, 2.45) is 5.73 Å². The molecule has 0 spiro atoms. The van der Waals surface area contributed by atoms with Crippen LogP contribution in [-0.2, 0) is 19.1 Å². The first-order chi connectivity index (χ1) is 12.6. The van der Waals surface area contributed by atoms with Gasteiger partial charge in [0.05, 0.1) is 0 Å². The molecule has 11 heteroatoms. The van der Waals surface area contributed by atoms with Crippen molar-refractivity contribution in [3.63, 3.8) is 0 Å². The van der Waals surface area contributed by atoms with Crippen LogP contribution >= 0.6 is 34.9 Å². The molecule has 148 valence electrons. The Kier molecular flexibility index (Phi) is 5.61. The van der Waals surface area contributed by atoms with Crippen LogP contribution < -0.4 is 5.73 Å². The van der Waals surface area contributed by atoms with Gasteiger partial charge in [-0.25, -0.2) is 4.79 Å². The largest absolute Gasteiger partial charge is 0.455 e. The fourth-order valence-corrected chi connectivity index (χ4v) is 6.06. The minimum absolute atomic E-state index is 0.269. The van der Waals surface area contributed by atoms with Gasteiger partial charge in [0.2, 0.25) is 5.72 Å². The van der Waals surface area contributed by atoms with Gasteiger partial charge >= 0.3 is 5.97 Å². The quantitative estimate of drug-likeness (QED) is 0.323. The van der Waals surface area contributed by atoms with Crippen LogP contribution in [0, 0.1) is 6.92 Å². The summed E-state index contributed by atoms with van der Waals surface area (Å²) in [4.78, 5) is 26.9. The lowest BCUT2D eigenvalue weighted by Gasteiger charge is -2.54. The minimum atomic E-state index is -1.41. The first-order valence-electron chi connectivity index (χ1n) is 8.24. The van der Waals surface area contributed by atoms with Crippen LogP contribution in [0.5, 0.6) is 0 Å². The average molecular weight is 431 g/mol. The molecule has 0 radical (unpaired) electrons. The summed E-state index contributed by atoms with van der Waals surface area (Å²) in [5.74, 6) is 0.105. The average Bonchev–Trinajstić information content (AvgIpc) is 3.01. The monoisotopic (exact) mass is 430 g/mol. The lowest BCUT2D eigenvalue weighted by atomic mass is 9.99. The maximum absolute atomic E-state index is 12.9. The molecule has 1 saturated heterocycles. The standard InChI is InChI=1S/C16H22N4O4S3/c1-8-18-19-14(27-8)26-7-9-6-25-13-16(17,23-5)12(22)20(13)10(9)11(21)24-15(2,3)4/h13H,6-7,17H2,1-5H3/t13-,16+/m1/s1. The summed E-state index contributed by atoms with van der Waals surface area (Å²) in [7, 11) is 1.40. The maximum Gasteiger partial charge on any atom is 0.355 e. The lowest BCUT2D eigenvalue weighted by molar-refractivity contribution is -0.184. The van der Waals surface area contributed by atoms with Gasteiger partial charge in [0.1, 0.15) is 21.7 Å². The Hall–Kier alpha value is -1.14. The Morgan fingerprint density at radius 2 is 2.15 bits per heavy atom. The molecule has 2 aliphatic heterocycles. The third kappa shape index (κ3) is 3.88. The number of carbonyl (C=O) groups excluding carboxylic acids is 2. The van der Waals surface area contributed by atoms with Gasteiger partial charge in [-0.05, 0) is 33.3 Å². The van der Waals surface area contributed by atoms with E-state index in [-0.39, 0.29) is 5.70 Å². The van der Waals surface area contributed by atoms with Crippen LogP contribution in [0.3, 0.4) is 0 Å². The van der Waals surface area contributed by atoms with E-state index in [2.05, 4.69) is 10.2 Å². The second-order valence-electron chi connectivity index (χ2n) is 7.17. The molecule has 0 aromatic carbocycles. The Morgan fingerprint density at radius 1 is 1.44 bits per heavy atom. The number of fused-ring (bicyclic) bond motifs is 1. The summed E-state index contributed by atoms with van der Waals surface area (Å²) in [5.41, 5.74) is 5.07. The maximum atomic E-state index is 12.9. The van der Waals surface area contributed by atoms with Crippen LogP contribution in [-0.4, -0.2) is 62.3 Å². The molecule has 1 fully saturated rings. The minimum Gasteiger partial charge on any atom is -0.455 e. The number of nitrogens with two attached hydrogens (primary N) is 1. The number of nitrogens with zero attached hydrogens (tertiary/aromatic N) is 3. The van der Waals surface area contributed by atoms with Crippen LogP contribution in [0.25, 0.3) is 0 Å². The molecule has 3 heterocycles. The van der Waals surface area contributed by atoms with E-state index < -0.39 is 28.6 Å². The number of aromatic nitrogens is 2. The SMILES string of the molecule is CO[C@@]1(N)C(=O)N2C(C(=O)OC(C)(C)C)=C(CSc3nnc(C)s3)CS[C@@H]21. The fraction of sp³-hybridized carbons (Fsp3) is 0.625. The van der Waals surface area contributed by atoms with Crippen LogP contribution in [0.1, 0.15) is 25.8 Å². The van der Waals surface area contributed by atoms with Crippen molar-refractivity contribution >= 4 is 46.7 Å². The number of esters is 1. The number of thioether (sulfide) groups is 2. The highest BCUT2D eigenvalue weighted by atomic mass is 32.2. The molecular weight excluding hydrogens is 408 g/mol. The molecule has 0 unspecified atom stereocenters. The molecule has 0 aliphatic carbocycles. The molecule has 2 aliphatic rings. The van der Waals surface area contributed by atoms with E-state index >= 15 is 0 Å². The summed E-state index contributed by atoms with van der Waals surface area (Å²) in [6.07, 6.45) is 0. The Balaban J connectivity index is 1.89. The van der Waals surface area contributed by atoms with Crippen molar-refractivity contribution in [1.82, 2.24) is 15.1 Å².